The molecule has 10 heavy (non-hydrogen) atoms. The van der Waals surface area contributed by atoms with Gasteiger partial charge >= 0.3 is 51.4 Å². The van der Waals surface area contributed by atoms with Crippen molar-refractivity contribution in [2.75, 3.05) is 0 Å². The van der Waals surface area contributed by atoms with Gasteiger partial charge < -0.3 is 10.5 Å². The van der Waals surface area contributed by atoms with Gasteiger partial charge in [-0.1, -0.05) is 0 Å². The molecule has 0 aromatic carbocycles. The van der Waals surface area contributed by atoms with E-state index >= 15 is 0 Å². The third kappa shape index (κ3) is 2.85. The molecule has 1 N–H and O–H groups in total. The Morgan fingerprint density at radius 1 is 1.40 bits per heavy atom. The Labute approximate surface area is 101 Å². The zero-order chi connectivity index (χ0) is 6.69. The van der Waals surface area contributed by atoms with Crippen molar-refractivity contribution in [2.24, 2.45) is 0 Å². The van der Waals surface area contributed by atoms with Crippen molar-refractivity contribution in [3.63, 3.8) is 0 Å². The average molecular weight is 161 g/mol. The number of carbonyl (C=O) groups is 1. The molecular formula is C5H4KN3O. The second-order valence-electron chi connectivity index (χ2n) is 1.46. The van der Waals surface area contributed by atoms with Crippen molar-refractivity contribution in [3.05, 3.63) is 30.0 Å². The van der Waals surface area contributed by atoms with E-state index in [0.717, 1.165) is 0 Å². The van der Waals surface area contributed by atoms with Crippen molar-refractivity contribution >= 4 is 5.91 Å². The third-order valence-corrected chi connectivity index (χ3v) is 0.823. The van der Waals surface area contributed by atoms with Gasteiger partial charge in [0.05, 0.1) is 5.91 Å². The van der Waals surface area contributed by atoms with Gasteiger partial charge in [0.25, 0.3) is 0 Å². The predicted molar refractivity (Wildman–Crippen MR) is 30.7 cm³/mol. The molecule has 1 amide bonds. The number of nitrogens with zero attached hydrogens (tertiary/aromatic N) is 2. The van der Waals surface area contributed by atoms with Crippen LogP contribution in [0.5, 0.6) is 0 Å². The van der Waals surface area contributed by atoms with Crippen LogP contribution in [-0.4, -0.2) is 15.9 Å². The summed E-state index contributed by atoms with van der Waals surface area (Å²) in [6.45, 7) is 0. The molecule has 0 spiro atoms. The van der Waals surface area contributed by atoms with E-state index in [2.05, 4.69) is 9.97 Å². The molecule has 0 aliphatic heterocycles. The van der Waals surface area contributed by atoms with E-state index in [0.29, 0.717) is 0 Å². The third-order valence-electron chi connectivity index (χ3n) is 0.823. The van der Waals surface area contributed by atoms with Gasteiger partial charge in [-0.2, -0.15) is 0 Å². The minimum absolute atomic E-state index is 0. The Kier molecular flexibility index (Phi) is 5.01. The molecule has 1 aromatic heterocycles. The molecule has 1 heterocycles. The van der Waals surface area contributed by atoms with Crippen molar-refractivity contribution < 1.29 is 56.2 Å². The first-order valence-electron chi connectivity index (χ1n) is 2.31. The molecule has 0 aliphatic carbocycles. The van der Waals surface area contributed by atoms with Gasteiger partial charge in [-0.15, -0.1) is 0 Å². The molecule has 0 bridgehead atoms. The summed E-state index contributed by atoms with van der Waals surface area (Å²) < 4.78 is 0. The molecule has 0 fully saturated rings. The fourth-order valence-electron chi connectivity index (χ4n) is 0.416. The molecule has 0 saturated carbocycles. The Morgan fingerprint density at radius 3 is 2.20 bits per heavy atom. The molecule has 5 heteroatoms. The SMILES string of the molecule is [K+].[NH-]C(=O)c1cncnc1. The summed E-state index contributed by atoms with van der Waals surface area (Å²) in [5.41, 5.74) is 6.82. The summed E-state index contributed by atoms with van der Waals surface area (Å²) >= 11 is 0. The molecule has 1 rings (SSSR count). The normalized spacial score (nSPS) is 8.00. The van der Waals surface area contributed by atoms with Crippen LogP contribution in [0.15, 0.2) is 18.7 Å². The van der Waals surface area contributed by atoms with Crippen LogP contribution in [-0.2, 0) is 0 Å². The summed E-state index contributed by atoms with van der Waals surface area (Å²) in [5.74, 6) is -0.754. The van der Waals surface area contributed by atoms with Crippen LogP contribution in [0.4, 0.5) is 0 Å². The number of amides is 1. The van der Waals surface area contributed by atoms with Crippen molar-refractivity contribution in [1.82, 2.24) is 9.97 Å². The van der Waals surface area contributed by atoms with Crippen molar-refractivity contribution in [3.8, 4) is 0 Å². The van der Waals surface area contributed by atoms with E-state index in [1.807, 2.05) is 0 Å². The van der Waals surface area contributed by atoms with Crippen LogP contribution in [0.1, 0.15) is 10.4 Å². The number of aromatic nitrogens is 2. The summed E-state index contributed by atoms with van der Waals surface area (Å²) in [6, 6.07) is 0. The molecule has 0 radical (unpaired) electrons. The Morgan fingerprint density at radius 2 is 1.90 bits per heavy atom. The van der Waals surface area contributed by atoms with E-state index in [9.17, 15) is 4.79 Å². The Balaban J connectivity index is 0.000000810. The van der Waals surface area contributed by atoms with E-state index in [1.54, 1.807) is 0 Å². The largest absolute Gasteiger partial charge is 1.00 e. The molecule has 46 valence electrons. The minimum atomic E-state index is -0.754. The van der Waals surface area contributed by atoms with E-state index in [-0.39, 0.29) is 56.9 Å². The maximum Gasteiger partial charge on any atom is 1.00 e. The number of rotatable bonds is 1. The van der Waals surface area contributed by atoms with Crippen LogP contribution in [0, 0.1) is 0 Å². The first kappa shape index (κ1) is 10.2. The molecular weight excluding hydrogens is 157 g/mol. The van der Waals surface area contributed by atoms with Gasteiger partial charge in [-0.3, -0.25) is 0 Å². The van der Waals surface area contributed by atoms with Gasteiger partial charge in [0.15, 0.2) is 0 Å². The molecule has 0 aliphatic rings. The van der Waals surface area contributed by atoms with Crippen molar-refractivity contribution in [1.29, 1.82) is 0 Å². The second-order valence-corrected chi connectivity index (χ2v) is 1.46. The van der Waals surface area contributed by atoms with E-state index in [1.165, 1.54) is 18.7 Å². The second kappa shape index (κ2) is 4.92. The monoisotopic (exact) mass is 161 g/mol. The van der Waals surface area contributed by atoms with Crippen LogP contribution in [0.3, 0.4) is 0 Å². The van der Waals surface area contributed by atoms with Gasteiger partial charge in [0.2, 0.25) is 0 Å². The Hall–Kier alpha value is 0.186. The van der Waals surface area contributed by atoms with E-state index in [4.69, 9.17) is 5.73 Å². The molecule has 0 saturated heterocycles. The molecule has 1 aromatic rings. The zero-order valence-corrected chi connectivity index (χ0v) is 8.66. The van der Waals surface area contributed by atoms with Crippen LogP contribution < -0.4 is 51.4 Å². The number of hydrogen-bond acceptors (Lipinski definition) is 3. The predicted octanol–water partition coefficient (Wildman–Crippen LogP) is -2.33. The minimum Gasteiger partial charge on any atom is -0.663 e. The maximum atomic E-state index is 10.2. The summed E-state index contributed by atoms with van der Waals surface area (Å²) in [4.78, 5) is 17.3. The molecule has 0 atom stereocenters. The average Bonchev–Trinajstić information content (AvgIpc) is 1.90. The number of hydrogen-bond donors (Lipinski definition) is 0. The summed E-state index contributed by atoms with van der Waals surface area (Å²) in [5, 5.41) is 0. The smallest absolute Gasteiger partial charge is 0.663 e. The zero-order valence-electron chi connectivity index (χ0n) is 5.53. The standard InChI is InChI=1S/C5H5N3O.K/c6-5(9)4-1-7-3-8-2-4;/h1-3H,(H2,6,9);/q;+1/p-1. The van der Waals surface area contributed by atoms with Crippen molar-refractivity contribution in [2.45, 2.75) is 0 Å². The molecule has 0 unspecified atom stereocenters. The Bertz CT molecular complexity index is 213. The fraction of sp³-hybridized carbons (Fsp3) is 0. The first-order valence-corrected chi connectivity index (χ1v) is 2.31. The number of nitrogens with one attached hydrogen (secondary N) is 1. The molecule has 4 nitrogen and oxygen atoms in total. The van der Waals surface area contributed by atoms with Crippen LogP contribution in [0.2, 0.25) is 0 Å². The fourth-order valence-corrected chi connectivity index (χ4v) is 0.416. The summed E-state index contributed by atoms with van der Waals surface area (Å²) in [6.07, 6.45) is 3.93. The topological polar surface area (TPSA) is 66.7 Å². The van der Waals surface area contributed by atoms with Crippen LogP contribution >= 0.6 is 0 Å². The van der Waals surface area contributed by atoms with Gasteiger partial charge in [0, 0.05) is 18.0 Å². The first-order chi connectivity index (χ1) is 4.30. The van der Waals surface area contributed by atoms with E-state index < -0.39 is 5.91 Å². The number of carbonyl (C=O) groups excluding carboxylic acids is 1. The summed E-state index contributed by atoms with van der Waals surface area (Å²) in [7, 11) is 0. The van der Waals surface area contributed by atoms with Gasteiger partial charge in [-0.25, -0.2) is 9.97 Å². The van der Waals surface area contributed by atoms with Gasteiger partial charge in [-0.05, 0) is 0 Å². The van der Waals surface area contributed by atoms with Gasteiger partial charge in [0.1, 0.15) is 6.33 Å². The quantitative estimate of drug-likeness (QED) is 0.434. The maximum absolute atomic E-state index is 10.2. The van der Waals surface area contributed by atoms with Crippen LogP contribution in [0.25, 0.3) is 5.73 Å².